The summed E-state index contributed by atoms with van der Waals surface area (Å²) in [6.45, 7) is 1.66. The van der Waals surface area contributed by atoms with E-state index in [4.69, 9.17) is 14.2 Å². The molecule has 0 radical (unpaired) electrons. The third kappa shape index (κ3) is 13.5. The number of amides is 2. The molecule has 0 aromatic heterocycles. The second-order valence-corrected chi connectivity index (χ2v) is 11.2. The van der Waals surface area contributed by atoms with Crippen LogP contribution in [0.4, 0.5) is 9.59 Å². The Kier molecular flexibility index (Phi) is 16.0. The first-order valence-electron chi connectivity index (χ1n) is 15.6. The van der Waals surface area contributed by atoms with Gasteiger partial charge in [-0.25, -0.2) is 38.9 Å². The molecule has 0 bridgehead atoms. The normalized spacial score (nSPS) is 11.3. The predicted molar refractivity (Wildman–Crippen MR) is 179 cm³/mol. The topological polar surface area (TPSA) is 191 Å². The van der Waals surface area contributed by atoms with Gasteiger partial charge < -0.3 is 24.8 Å². The van der Waals surface area contributed by atoms with E-state index < -0.39 is 23.6 Å². The lowest BCUT2D eigenvalue weighted by atomic mass is 9.88. The summed E-state index contributed by atoms with van der Waals surface area (Å²) in [6.07, 6.45) is 3.15. The lowest BCUT2D eigenvalue weighted by molar-refractivity contribution is -0.149. The fourth-order valence-electron chi connectivity index (χ4n) is 4.68. The molecule has 50 heavy (non-hydrogen) atoms. The van der Waals surface area contributed by atoms with Crippen molar-refractivity contribution in [1.29, 1.82) is 0 Å². The van der Waals surface area contributed by atoms with Crippen LogP contribution in [0.15, 0.2) is 87.8 Å². The van der Waals surface area contributed by atoms with Crippen LogP contribution in [-0.4, -0.2) is 56.2 Å². The summed E-state index contributed by atoms with van der Waals surface area (Å²) in [4.78, 5) is 80.6. The number of carbonyl (C=O) groups excluding carboxylic acids is 6. The average Bonchev–Trinajstić information content (AvgIpc) is 3.14. The summed E-state index contributed by atoms with van der Waals surface area (Å²) >= 11 is 0. The van der Waals surface area contributed by atoms with Crippen molar-refractivity contribution in [3.63, 3.8) is 0 Å². The predicted octanol–water partition coefficient (Wildman–Crippen LogP) is 4.53. The van der Waals surface area contributed by atoms with Gasteiger partial charge in [0.25, 0.3) is 0 Å². The third-order valence-corrected chi connectivity index (χ3v) is 7.58. The number of esters is 1. The lowest BCUT2D eigenvalue weighted by Gasteiger charge is -2.31. The minimum absolute atomic E-state index is 0.0612. The Bertz CT molecular complexity index is 1680. The first kappa shape index (κ1) is 38.3. The van der Waals surface area contributed by atoms with Gasteiger partial charge in [0.15, 0.2) is 0 Å². The van der Waals surface area contributed by atoms with Crippen molar-refractivity contribution in [3.8, 4) is 0 Å². The van der Waals surface area contributed by atoms with Gasteiger partial charge >= 0.3 is 18.2 Å². The number of hydrogen-bond donors (Lipinski definition) is 2. The van der Waals surface area contributed by atoms with Gasteiger partial charge in [0.05, 0.1) is 31.5 Å². The number of hydrogen-bond acceptors (Lipinski definition) is 12. The highest BCUT2D eigenvalue weighted by molar-refractivity contribution is 5.73. The fraction of sp³-hybridized carbons (Fsp3) is 0.333. The van der Waals surface area contributed by atoms with E-state index >= 15 is 0 Å². The maximum absolute atomic E-state index is 13.0. The number of rotatable bonds is 19. The molecule has 0 aliphatic carbocycles. The Labute approximate surface area is 288 Å². The molecule has 2 amide bonds. The van der Waals surface area contributed by atoms with Crippen LogP contribution in [0.1, 0.15) is 46.7 Å². The van der Waals surface area contributed by atoms with E-state index in [0.717, 1.165) is 22.3 Å². The second kappa shape index (κ2) is 20.9. The quantitative estimate of drug-likeness (QED) is 0.0791. The van der Waals surface area contributed by atoms with Gasteiger partial charge in [0, 0.05) is 13.1 Å². The van der Waals surface area contributed by atoms with Gasteiger partial charge in [0.2, 0.25) is 18.2 Å². The molecular weight excluding hydrogens is 646 g/mol. The summed E-state index contributed by atoms with van der Waals surface area (Å²) in [5.41, 5.74) is 3.21. The van der Waals surface area contributed by atoms with Gasteiger partial charge in [-0.05, 0) is 39.8 Å². The largest absolute Gasteiger partial charge is 0.465 e. The van der Waals surface area contributed by atoms with Crippen molar-refractivity contribution in [3.05, 3.63) is 106 Å². The zero-order chi connectivity index (χ0) is 36.0. The second-order valence-electron chi connectivity index (χ2n) is 11.2. The Morgan fingerprint density at radius 3 is 1.58 bits per heavy atom. The molecule has 0 atom stereocenters. The number of ether oxygens (including phenoxy) is 3. The molecular formula is C36H37N5O9. The van der Waals surface area contributed by atoms with Crippen LogP contribution in [-0.2, 0) is 72.5 Å². The maximum Gasteiger partial charge on any atom is 0.407 e. The first-order valence-corrected chi connectivity index (χ1v) is 15.6. The van der Waals surface area contributed by atoms with E-state index in [1.54, 1.807) is 79.7 Å². The van der Waals surface area contributed by atoms with E-state index in [9.17, 15) is 28.8 Å². The zero-order valence-corrected chi connectivity index (χ0v) is 27.5. The molecule has 0 heterocycles. The van der Waals surface area contributed by atoms with E-state index in [-0.39, 0.29) is 59.0 Å². The van der Waals surface area contributed by atoms with E-state index in [2.05, 4.69) is 25.6 Å². The fourth-order valence-corrected chi connectivity index (χ4v) is 4.68. The average molecular weight is 684 g/mol. The molecule has 0 fully saturated rings. The number of isocyanates is 3. The minimum Gasteiger partial charge on any atom is -0.465 e. The smallest absolute Gasteiger partial charge is 0.407 e. The number of benzene rings is 3. The molecule has 260 valence electrons. The highest BCUT2D eigenvalue weighted by atomic mass is 16.6. The number of aliphatic imine (C=N–C) groups is 3. The molecule has 3 rings (SSSR count). The minimum atomic E-state index is -1.11. The number of alkyl carbamates (subject to hydrolysis) is 2. The van der Waals surface area contributed by atoms with Crippen LogP contribution in [0.2, 0.25) is 0 Å². The van der Waals surface area contributed by atoms with Crippen molar-refractivity contribution in [2.75, 3.05) is 19.8 Å². The zero-order valence-electron chi connectivity index (χ0n) is 27.5. The summed E-state index contributed by atoms with van der Waals surface area (Å²) < 4.78 is 16.7. The van der Waals surface area contributed by atoms with Crippen molar-refractivity contribution in [2.24, 2.45) is 20.4 Å². The van der Waals surface area contributed by atoms with Crippen molar-refractivity contribution < 1.29 is 43.0 Å². The molecule has 0 saturated heterocycles. The summed E-state index contributed by atoms with van der Waals surface area (Å²) in [7, 11) is 0. The molecule has 3 aromatic carbocycles. The first-order chi connectivity index (χ1) is 24.3. The van der Waals surface area contributed by atoms with Crippen molar-refractivity contribution in [1.82, 2.24) is 10.6 Å². The Morgan fingerprint density at radius 1 is 0.620 bits per heavy atom. The van der Waals surface area contributed by atoms with Crippen LogP contribution in [0.3, 0.4) is 0 Å². The molecule has 0 aliphatic rings. The van der Waals surface area contributed by atoms with Crippen LogP contribution in [0.25, 0.3) is 0 Å². The van der Waals surface area contributed by atoms with Gasteiger partial charge in [0.1, 0.15) is 19.8 Å². The van der Waals surface area contributed by atoms with Crippen molar-refractivity contribution in [2.45, 2.75) is 52.5 Å². The number of nitrogens with one attached hydrogen (secondary N) is 2. The van der Waals surface area contributed by atoms with E-state index in [1.165, 1.54) is 18.2 Å². The molecule has 0 aliphatic heterocycles. The SMILES string of the molecule is CCC(COC(=O)Cc1ccccc1CN=C=O)(COC(=O)NCc1cccc(CN=C=O)c1)COC(=O)NCc1cccc(CN=C=O)c1. The van der Waals surface area contributed by atoms with Gasteiger partial charge in [-0.15, -0.1) is 0 Å². The number of carbonyl (C=O) groups is 3. The highest BCUT2D eigenvalue weighted by Crippen LogP contribution is 2.25. The Morgan fingerprint density at radius 2 is 1.08 bits per heavy atom. The lowest BCUT2D eigenvalue weighted by Crippen LogP contribution is -2.41. The van der Waals surface area contributed by atoms with Crippen LogP contribution < -0.4 is 10.6 Å². The standard InChI is InChI=1S/C36H37N5O9/c1-2-36(21-48-33(45)15-31-11-3-4-12-32(31)20-39-26-44,22-49-34(46)40-18-29-9-5-7-27(13-29)16-37-24-42)23-50-35(47)41-19-30-10-6-8-28(14-30)17-38-25-43/h3-14H,2,15-23H2,1H3,(H,40,46)(H,41,47). The molecule has 2 N–H and O–H groups in total. The summed E-state index contributed by atoms with van der Waals surface area (Å²) in [5, 5.41) is 5.32. The monoisotopic (exact) mass is 683 g/mol. The Hall–Kier alpha value is -6.19. The third-order valence-electron chi connectivity index (χ3n) is 7.58. The van der Waals surface area contributed by atoms with Crippen LogP contribution in [0.5, 0.6) is 0 Å². The highest BCUT2D eigenvalue weighted by Gasteiger charge is 2.34. The van der Waals surface area contributed by atoms with Crippen LogP contribution >= 0.6 is 0 Å². The van der Waals surface area contributed by atoms with Crippen LogP contribution in [0, 0.1) is 5.41 Å². The molecule has 0 spiro atoms. The van der Waals surface area contributed by atoms with Crippen molar-refractivity contribution >= 4 is 36.4 Å². The Balaban J connectivity index is 1.65. The molecule has 0 saturated carbocycles. The van der Waals surface area contributed by atoms with E-state index in [1.807, 2.05) is 0 Å². The van der Waals surface area contributed by atoms with Gasteiger partial charge in [-0.1, -0.05) is 79.7 Å². The molecule has 3 aromatic rings. The molecule has 0 unspecified atom stereocenters. The molecule has 14 heteroatoms. The van der Waals surface area contributed by atoms with Gasteiger partial charge in [-0.2, -0.15) is 0 Å². The van der Waals surface area contributed by atoms with E-state index in [0.29, 0.717) is 17.5 Å². The summed E-state index contributed by atoms with van der Waals surface area (Å²) in [5.74, 6) is -0.586. The maximum atomic E-state index is 13.0. The summed E-state index contributed by atoms with van der Waals surface area (Å²) in [6, 6.07) is 21.2. The molecule has 14 nitrogen and oxygen atoms in total. The number of nitrogens with zero attached hydrogens (tertiary/aromatic N) is 3. The van der Waals surface area contributed by atoms with Gasteiger partial charge in [-0.3, -0.25) is 4.79 Å².